The normalized spacial score (nSPS) is 12.9. The zero-order chi connectivity index (χ0) is 18.0. The summed E-state index contributed by atoms with van der Waals surface area (Å²) in [5.74, 6) is -0.777. The maximum Gasteiger partial charge on any atom is 0.330 e. The van der Waals surface area contributed by atoms with Crippen LogP contribution in [0.15, 0.2) is 59.5 Å². The zero-order valence-electron chi connectivity index (χ0n) is 14.0. The molecule has 0 bridgehead atoms. The Labute approximate surface area is 146 Å². The minimum absolute atomic E-state index is 0.0890. The topological polar surface area (TPSA) is 76.2 Å². The number of sulfone groups is 1. The van der Waals surface area contributed by atoms with Gasteiger partial charge in [-0.25, -0.2) is 8.42 Å². The van der Waals surface area contributed by atoms with Gasteiger partial charge in [-0.3, -0.25) is 4.79 Å². The molecule has 0 amide bonds. The second kappa shape index (κ2) is 6.72. The number of para-hydroxylation sites is 1. The summed E-state index contributed by atoms with van der Waals surface area (Å²) in [6.07, 6.45) is 0. The van der Waals surface area contributed by atoms with Crippen molar-refractivity contribution in [3.8, 4) is 0 Å². The number of benzene rings is 2. The molecule has 1 atom stereocenters. The summed E-state index contributed by atoms with van der Waals surface area (Å²) in [6, 6.07) is 15.4. The van der Waals surface area contributed by atoms with Crippen molar-refractivity contribution >= 4 is 26.7 Å². The largest absolute Gasteiger partial charge is 0.465 e. The molecule has 0 saturated heterocycles. The van der Waals surface area contributed by atoms with Gasteiger partial charge >= 0.3 is 5.97 Å². The molecule has 0 aliphatic heterocycles. The molecule has 0 aliphatic rings. The number of esters is 1. The van der Waals surface area contributed by atoms with Crippen molar-refractivity contribution in [2.24, 2.45) is 0 Å². The number of aryl methyl sites for hydroxylation is 1. The van der Waals surface area contributed by atoms with E-state index in [4.69, 9.17) is 4.74 Å². The van der Waals surface area contributed by atoms with Crippen molar-refractivity contribution in [3.63, 3.8) is 0 Å². The number of hydrogen-bond donors (Lipinski definition) is 1. The van der Waals surface area contributed by atoms with Crippen molar-refractivity contribution in [2.45, 2.75) is 24.0 Å². The van der Waals surface area contributed by atoms with Crippen LogP contribution in [0.1, 0.15) is 23.4 Å². The van der Waals surface area contributed by atoms with Gasteiger partial charge in [0, 0.05) is 16.6 Å². The highest BCUT2D eigenvalue weighted by atomic mass is 32.2. The molecule has 3 aromatic rings. The summed E-state index contributed by atoms with van der Waals surface area (Å²) in [4.78, 5) is 15.8. The van der Waals surface area contributed by atoms with Gasteiger partial charge in [-0.2, -0.15) is 0 Å². The number of nitrogens with one attached hydrogen (secondary N) is 1. The molecular weight excluding hydrogens is 338 g/mol. The minimum Gasteiger partial charge on any atom is -0.465 e. The molecule has 130 valence electrons. The second-order valence-corrected chi connectivity index (χ2v) is 7.73. The first-order valence-electron chi connectivity index (χ1n) is 7.99. The highest BCUT2D eigenvalue weighted by Crippen LogP contribution is 2.34. The molecule has 0 fully saturated rings. The first-order valence-corrected chi connectivity index (χ1v) is 9.54. The smallest absolute Gasteiger partial charge is 0.330 e. The van der Waals surface area contributed by atoms with Gasteiger partial charge in [0.1, 0.15) is 0 Å². The number of aromatic amines is 1. The van der Waals surface area contributed by atoms with Crippen LogP contribution in [0.3, 0.4) is 0 Å². The average molecular weight is 357 g/mol. The van der Waals surface area contributed by atoms with Crippen LogP contribution < -0.4 is 0 Å². The molecule has 0 spiro atoms. The molecule has 1 unspecified atom stereocenters. The molecule has 5 nitrogen and oxygen atoms in total. The van der Waals surface area contributed by atoms with Crippen molar-refractivity contribution in [1.82, 2.24) is 4.98 Å². The number of H-pyrrole nitrogens is 1. The van der Waals surface area contributed by atoms with Gasteiger partial charge in [0.2, 0.25) is 5.25 Å². The number of ether oxygens (including phenoxy) is 1. The van der Waals surface area contributed by atoms with E-state index in [1.54, 1.807) is 32.0 Å². The van der Waals surface area contributed by atoms with Crippen LogP contribution >= 0.6 is 0 Å². The van der Waals surface area contributed by atoms with Crippen LogP contribution in [0.25, 0.3) is 10.9 Å². The van der Waals surface area contributed by atoms with E-state index < -0.39 is 21.1 Å². The number of carbonyl (C=O) groups is 1. The molecule has 1 heterocycles. The molecule has 0 aliphatic carbocycles. The van der Waals surface area contributed by atoms with Crippen LogP contribution in [0.2, 0.25) is 0 Å². The van der Waals surface area contributed by atoms with Gasteiger partial charge in [-0.15, -0.1) is 0 Å². The van der Waals surface area contributed by atoms with Crippen molar-refractivity contribution in [3.05, 3.63) is 65.9 Å². The molecule has 2 aromatic carbocycles. The van der Waals surface area contributed by atoms with Crippen molar-refractivity contribution in [1.29, 1.82) is 0 Å². The minimum atomic E-state index is -3.95. The summed E-state index contributed by atoms with van der Waals surface area (Å²) in [6.45, 7) is 3.57. The van der Waals surface area contributed by atoms with Crippen LogP contribution in [-0.2, 0) is 19.4 Å². The summed E-state index contributed by atoms with van der Waals surface area (Å²) in [5, 5.41) is -0.544. The van der Waals surface area contributed by atoms with Crippen molar-refractivity contribution < 1.29 is 17.9 Å². The highest BCUT2D eigenvalue weighted by Gasteiger charge is 2.39. The predicted molar refractivity (Wildman–Crippen MR) is 96.0 cm³/mol. The van der Waals surface area contributed by atoms with E-state index in [0.29, 0.717) is 5.69 Å². The monoisotopic (exact) mass is 357 g/mol. The summed E-state index contributed by atoms with van der Waals surface area (Å²) < 4.78 is 31.4. The van der Waals surface area contributed by atoms with Gasteiger partial charge in [0.05, 0.1) is 11.5 Å². The maximum absolute atomic E-state index is 13.2. The number of carbonyl (C=O) groups excluding carboxylic acids is 1. The van der Waals surface area contributed by atoms with Crippen molar-refractivity contribution in [2.75, 3.05) is 6.61 Å². The van der Waals surface area contributed by atoms with Crippen LogP contribution in [0, 0.1) is 6.92 Å². The lowest BCUT2D eigenvalue weighted by Crippen LogP contribution is -2.25. The quantitative estimate of drug-likeness (QED) is 0.709. The number of hydrogen-bond acceptors (Lipinski definition) is 4. The van der Waals surface area contributed by atoms with Gasteiger partial charge in [0.25, 0.3) is 0 Å². The molecule has 25 heavy (non-hydrogen) atoms. The Bertz CT molecular complexity index is 1010. The molecule has 1 N–H and O–H groups in total. The highest BCUT2D eigenvalue weighted by molar-refractivity contribution is 7.92. The molecule has 6 heteroatoms. The summed E-state index contributed by atoms with van der Waals surface area (Å²) in [5.41, 5.74) is 1.87. The van der Waals surface area contributed by atoms with Crippen LogP contribution in [0.5, 0.6) is 0 Å². The Morgan fingerprint density at radius 3 is 2.36 bits per heavy atom. The Morgan fingerprint density at radius 1 is 1.08 bits per heavy atom. The third-order valence-corrected chi connectivity index (χ3v) is 6.13. The SMILES string of the molecule is CCOC(=O)C(c1[nH]c2ccccc2c1C)S(=O)(=O)c1ccccc1. The van der Waals surface area contributed by atoms with E-state index in [9.17, 15) is 13.2 Å². The van der Waals surface area contributed by atoms with Gasteiger partial charge in [-0.05, 0) is 37.6 Å². The van der Waals surface area contributed by atoms with E-state index in [1.807, 2.05) is 24.3 Å². The average Bonchev–Trinajstić information content (AvgIpc) is 2.93. The van der Waals surface area contributed by atoms with Gasteiger partial charge in [-0.1, -0.05) is 36.4 Å². The third-order valence-electron chi connectivity index (χ3n) is 4.15. The lowest BCUT2D eigenvalue weighted by Gasteiger charge is -2.16. The summed E-state index contributed by atoms with van der Waals surface area (Å²) in [7, 11) is -3.95. The lowest BCUT2D eigenvalue weighted by molar-refractivity contribution is -0.142. The number of fused-ring (bicyclic) bond motifs is 1. The fourth-order valence-corrected chi connectivity index (χ4v) is 4.61. The lowest BCUT2D eigenvalue weighted by atomic mass is 10.1. The zero-order valence-corrected chi connectivity index (χ0v) is 14.8. The molecular formula is C19H19NO4S. The van der Waals surface area contributed by atoms with Gasteiger partial charge in [0.15, 0.2) is 9.84 Å². The third kappa shape index (κ3) is 3.05. The van der Waals surface area contributed by atoms with Crippen LogP contribution in [0.4, 0.5) is 0 Å². The fraction of sp³-hybridized carbons (Fsp3) is 0.211. The number of aromatic nitrogens is 1. The van der Waals surface area contributed by atoms with E-state index >= 15 is 0 Å². The Hall–Kier alpha value is -2.60. The second-order valence-electron chi connectivity index (χ2n) is 5.70. The molecule has 0 saturated carbocycles. The molecule has 1 aromatic heterocycles. The number of rotatable bonds is 5. The van der Waals surface area contributed by atoms with Crippen LogP contribution in [-0.4, -0.2) is 26.0 Å². The van der Waals surface area contributed by atoms with E-state index in [1.165, 1.54) is 12.1 Å². The maximum atomic E-state index is 13.2. The Kier molecular flexibility index (Phi) is 4.63. The first kappa shape index (κ1) is 17.2. The molecule has 0 radical (unpaired) electrons. The first-order chi connectivity index (χ1) is 12.0. The van der Waals surface area contributed by atoms with Gasteiger partial charge < -0.3 is 9.72 Å². The van der Waals surface area contributed by atoms with E-state index in [0.717, 1.165) is 16.5 Å². The predicted octanol–water partition coefficient (Wildman–Crippen LogP) is 3.55. The Balaban J connectivity index is 2.22. The van der Waals surface area contributed by atoms with E-state index in [2.05, 4.69) is 4.98 Å². The molecule has 3 rings (SSSR count). The van der Waals surface area contributed by atoms with E-state index in [-0.39, 0.29) is 11.5 Å². The standard InChI is InChI=1S/C19H19NO4S/c1-3-24-19(21)18(25(22,23)14-9-5-4-6-10-14)17-13(2)15-11-7-8-12-16(15)20-17/h4-12,18,20H,3H2,1-2H3. The Morgan fingerprint density at radius 2 is 1.72 bits per heavy atom. The summed E-state index contributed by atoms with van der Waals surface area (Å²) >= 11 is 0. The fourth-order valence-electron chi connectivity index (χ4n) is 2.93.